The quantitative estimate of drug-likeness (QED) is 0.678. The number of rotatable bonds is 4. The zero-order valence-electron chi connectivity index (χ0n) is 12.0. The Morgan fingerprint density at radius 1 is 1.40 bits per heavy atom. The van der Waals surface area contributed by atoms with Crippen LogP contribution in [0.5, 0.6) is 5.75 Å². The Bertz CT molecular complexity index is 528. The molecule has 0 fully saturated rings. The Hall–Kier alpha value is -2.33. The van der Waals surface area contributed by atoms with Crippen LogP contribution < -0.4 is 10.1 Å². The van der Waals surface area contributed by atoms with Gasteiger partial charge in [0.05, 0.1) is 19.3 Å². The van der Waals surface area contributed by atoms with Crippen LogP contribution in [0, 0.1) is 0 Å². The summed E-state index contributed by atoms with van der Waals surface area (Å²) in [5.41, 5.74) is 0.691. The van der Waals surface area contributed by atoms with Gasteiger partial charge in [0, 0.05) is 0 Å². The third-order valence-electron chi connectivity index (χ3n) is 2.23. The van der Waals surface area contributed by atoms with Gasteiger partial charge in [-0.05, 0) is 38.5 Å². The first-order valence-corrected chi connectivity index (χ1v) is 6.06. The molecule has 1 aromatic carbocycles. The maximum Gasteiger partial charge on any atom is 0.412 e. The normalized spacial score (nSPS) is 10.4. The van der Waals surface area contributed by atoms with E-state index in [4.69, 9.17) is 9.47 Å². The lowest BCUT2D eigenvalue weighted by atomic mass is 10.2. The number of amides is 1. The highest BCUT2D eigenvalue weighted by atomic mass is 16.6. The molecule has 0 spiro atoms. The largest absolute Gasteiger partial charge is 0.495 e. The summed E-state index contributed by atoms with van der Waals surface area (Å²) >= 11 is 0. The zero-order valence-corrected chi connectivity index (χ0v) is 12.0. The number of methoxy groups -OCH3 is 1. The van der Waals surface area contributed by atoms with Crippen LogP contribution in [0.15, 0.2) is 23.2 Å². The molecule has 108 valence electrons. The fourth-order valence-corrected chi connectivity index (χ4v) is 1.47. The minimum absolute atomic E-state index is 0.215. The summed E-state index contributed by atoms with van der Waals surface area (Å²) in [7, 11) is 1.49. The fourth-order valence-electron chi connectivity index (χ4n) is 1.47. The van der Waals surface area contributed by atoms with Gasteiger partial charge in [0.2, 0.25) is 6.08 Å². The molecular weight excluding hydrogens is 260 g/mol. The van der Waals surface area contributed by atoms with Gasteiger partial charge in [-0.1, -0.05) is 6.07 Å². The van der Waals surface area contributed by atoms with E-state index in [1.54, 1.807) is 39.0 Å². The summed E-state index contributed by atoms with van der Waals surface area (Å²) in [5.74, 6) is 0.467. The van der Waals surface area contributed by atoms with Crippen LogP contribution in [0.2, 0.25) is 0 Å². The van der Waals surface area contributed by atoms with Crippen molar-refractivity contribution in [1.82, 2.24) is 0 Å². The molecule has 6 nitrogen and oxygen atoms in total. The topological polar surface area (TPSA) is 77.0 Å². The van der Waals surface area contributed by atoms with E-state index >= 15 is 0 Å². The molecule has 0 aliphatic heterocycles. The summed E-state index contributed by atoms with van der Waals surface area (Å²) in [6.07, 6.45) is 0.910. The molecule has 1 aromatic rings. The van der Waals surface area contributed by atoms with E-state index in [1.807, 2.05) is 0 Å². The van der Waals surface area contributed by atoms with E-state index in [0.717, 1.165) is 5.56 Å². The number of nitrogens with one attached hydrogen (secondary N) is 1. The van der Waals surface area contributed by atoms with E-state index in [1.165, 1.54) is 13.2 Å². The van der Waals surface area contributed by atoms with E-state index in [2.05, 4.69) is 10.3 Å². The van der Waals surface area contributed by atoms with Gasteiger partial charge >= 0.3 is 6.09 Å². The molecule has 0 unspecified atom stereocenters. The number of carbonyl (C=O) groups excluding carboxylic acids is 2. The first kappa shape index (κ1) is 15.7. The highest BCUT2D eigenvalue weighted by Crippen LogP contribution is 2.26. The lowest BCUT2D eigenvalue weighted by Gasteiger charge is -2.20. The standard InChI is InChI=1S/C14H18N2O4/c1-14(2,3)20-13(18)16-11-6-5-10(8-15-9-17)7-12(11)19-4/h5-7H,8H2,1-4H3,(H,16,18). The molecule has 1 rings (SSSR count). The number of hydrogen-bond donors (Lipinski definition) is 1. The van der Waals surface area contributed by atoms with E-state index in [9.17, 15) is 9.59 Å². The molecule has 0 aliphatic carbocycles. The van der Waals surface area contributed by atoms with Crippen molar-refractivity contribution < 1.29 is 19.1 Å². The lowest BCUT2D eigenvalue weighted by molar-refractivity contribution is 0.0635. The van der Waals surface area contributed by atoms with Crippen molar-refractivity contribution in [2.24, 2.45) is 4.99 Å². The minimum atomic E-state index is -0.573. The summed E-state index contributed by atoms with van der Waals surface area (Å²) in [5, 5.41) is 2.61. The van der Waals surface area contributed by atoms with Crippen molar-refractivity contribution in [3.05, 3.63) is 23.8 Å². The lowest BCUT2D eigenvalue weighted by Crippen LogP contribution is -2.27. The predicted octanol–water partition coefficient (Wildman–Crippen LogP) is 2.88. The van der Waals surface area contributed by atoms with Crippen molar-refractivity contribution in [3.8, 4) is 5.75 Å². The SMILES string of the molecule is COc1cc(CN=C=O)ccc1NC(=O)OC(C)(C)C. The Labute approximate surface area is 117 Å². The van der Waals surface area contributed by atoms with Crippen LogP contribution in [0.25, 0.3) is 0 Å². The van der Waals surface area contributed by atoms with Crippen molar-refractivity contribution >= 4 is 17.9 Å². The molecule has 0 saturated carbocycles. The molecular formula is C14H18N2O4. The zero-order chi connectivity index (χ0) is 15.2. The van der Waals surface area contributed by atoms with Gasteiger partial charge < -0.3 is 9.47 Å². The molecule has 0 saturated heterocycles. The first-order valence-electron chi connectivity index (χ1n) is 6.06. The number of isocyanates is 1. The fraction of sp³-hybridized carbons (Fsp3) is 0.429. The van der Waals surface area contributed by atoms with Crippen LogP contribution in [0.4, 0.5) is 10.5 Å². The second-order valence-corrected chi connectivity index (χ2v) is 5.07. The molecule has 1 N–H and O–H groups in total. The van der Waals surface area contributed by atoms with Gasteiger partial charge in [0.1, 0.15) is 11.4 Å². The molecule has 0 aromatic heterocycles. The first-order chi connectivity index (χ1) is 9.35. The molecule has 1 amide bonds. The number of anilines is 1. The average Bonchev–Trinajstić information content (AvgIpc) is 2.35. The Balaban J connectivity index is 2.85. The maximum absolute atomic E-state index is 11.7. The van der Waals surface area contributed by atoms with Gasteiger partial charge in [-0.2, -0.15) is 0 Å². The van der Waals surface area contributed by atoms with Crippen molar-refractivity contribution in [2.75, 3.05) is 12.4 Å². The third-order valence-corrected chi connectivity index (χ3v) is 2.23. The van der Waals surface area contributed by atoms with Gasteiger partial charge in [-0.3, -0.25) is 5.32 Å². The molecule has 0 bridgehead atoms. The Kier molecular flexibility index (Phi) is 5.29. The van der Waals surface area contributed by atoms with Gasteiger partial charge in [0.15, 0.2) is 0 Å². The van der Waals surface area contributed by atoms with Crippen LogP contribution in [0.3, 0.4) is 0 Å². The molecule has 0 radical (unpaired) electrons. The number of ether oxygens (including phenoxy) is 2. The van der Waals surface area contributed by atoms with Gasteiger partial charge in [-0.25, -0.2) is 14.6 Å². The van der Waals surface area contributed by atoms with Crippen molar-refractivity contribution in [2.45, 2.75) is 32.9 Å². The van der Waals surface area contributed by atoms with E-state index in [0.29, 0.717) is 11.4 Å². The number of nitrogens with zero attached hydrogens (tertiary/aromatic N) is 1. The Morgan fingerprint density at radius 3 is 2.65 bits per heavy atom. The van der Waals surface area contributed by atoms with Crippen LogP contribution in [0.1, 0.15) is 26.3 Å². The van der Waals surface area contributed by atoms with Gasteiger partial charge in [-0.15, -0.1) is 0 Å². The van der Waals surface area contributed by atoms with Crippen LogP contribution in [-0.4, -0.2) is 24.9 Å². The molecule has 0 aliphatic rings. The van der Waals surface area contributed by atoms with Crippen molar-refractivity contribution in [3.63, 3.8) is 0 Å². The summed E-state index contributed by atoms with van der Waals surface area (Å²) < 4.78 is 10.3. The van der Waals surface area contributed by atoms with Crippen LogP contribution >= 0.6 is 0 Å². The number of aliphatic imine (C=N–C) groups is 1. The van der Waals surface area contributed by atoms with E-state index < -0.39 is 11.7 Å². The molecule has 0 heterocycles. The minimum Gasteiger partial charge on any atom is -0.495 e. The van der Waals surface area contributed by atoms with Crippen molar-refractivity contribution in [1.29, 1.82) is 0 Å². The number of benzene rings is 1. The second-order valence-electron chi connectivity index (χ2n) is 5.07. The predicted molar refractivity (Wildman–Crippen MR) is 74.7 cm³/mol. The molecule has 20 heavy (non-hydrogen) atoms. The second kappa shape index (κ2) is 6.73. The van der Waals surface area contributed by atoms with Gasteiger partial charge in [0.25, 0.3) is 0 Å². The monoisotopic (exact) mass is 278 g/mol. The van der Waals surface area contributed by atoms with Crippen LogP contribution in [-0.2, 0) is 16.1 Å². The maximum atomic E-state index is 11.7. The summed E-state index contributed by atoms with van der Waals surface area (Å²) in [6, 6.07) is 5.09. The summed E-state index contributed by atoms with van der Waals surface area (Å²) in [4.78, 5) is 25.3. The average molecular weight is 278 g/mol. The number of hydrogen-bond acceptors (Lipinski definition) is 5. The highest BCUT2D eigenvalue weighted by molar-refractivity contribution is 5.87. The smallest absolute Gasteiger partial charge is 0.412 e. The molecule has 0 atom stereocenters. The number of carbonyl (C=O) groups is 1. The third kappa shape index (κ3) is 5.12. The highest BCUT2D eigenvalue weighted by Gasteiger charge is 2.17. The summed E-state index contributed by atoms with van der Waals surface area (Å²) in [6.45, 7) is 5.56. The Morgan fingerprint density at radius 2 is 2.10 bits per heavy atom. The van der Waals surface area contributed by atoms with E-state index in [-0.39, 0.29) is 6.54 Å². The molecule has 6 heteroatoms.